The maximum atomic E-state index is 3.52. The van der Waals surface area contributed by atoms with Gasteiger partial charge < -0.3 is 0 Å². The van der Waals surface area contributed by atoms with E-state index in [2.05, 4.69) is 48.8 Å². The molecule has 0 bridgehead atoms. The van der Waals surface area contributed by atoms with E-state index in [-0.39, 0.29) is 5.41 Å². The number of halogens is 1. The van der Waals surface area contributed by atoms with Gasteiger partial charge in [0, 0.05) is 4.47 Å². The zero-order chi connectivity index (χ0) is 9.19. The van der Waals surface area contributed by atoms with Gasteiger partial charge in [-0.05, 0) is 39.4 Å². The van der Waals surface area contributed by atoms with E-state index in [9.17, 15) is 0 Å². The Bertz CT molecular complexity index is 263. The van der Waals surface area contributed by atoms with Crippen LogP contribution in [-0.2, 0) is 5.41 Å². The molecule has 0 aliphatic rings. The van der Waals surface area contributed by atoms with Crippen LogP contribution in [0, 0.1) is 6.07 Å². The highest BCUT2D eigenvalue weighted by molar-refractivity contribution is 9.10. The molecule has 0 aliphatic heterocycles. The fourth-order valence-corrected chi connectivity index (χ4v) is 1.93. The second-order valence-corrected chi connectivity index (χ2v) is 4.43. The molecule has 1 heteroatoms. The molecule has 0 nitrogen and oxygen atoms in total. The molecule has 0 aromatic heterocycles. The molecule has 1 radical (unpaired) electrons. The molecule has 1 aromatic carbocycles. The van der Waals surface area contributed by atoms with Crippen molar-refractivity contribution in [2.45, 2.75) is 32.6 Å². The van der Waals surface area contributed by atoms with Crippen molar-refractivity contribution in [3.8, 4) is 0 Å². The fourth-order valence-electron chi connectivity index (χ4n) is 1.13. The average molecular weight is 226 g/mol. The Morgan fingerprint density at radius 1 is 1.50 bits per heavy atom. The Morgan fingerprint density at radius 2 is 2.17 bits per heavy atom. The van der Waals surface area contributed by atoms with E-state index in [0.29, 0.717) is 0 Å². The van der Waals surface area contributed by atoms with Gasteiger partial charge in [-0.1, -0.05) is 39.0 Å². The third-order valence-corrected chi connectivity index (χ3v) is 3.07. The number of hydrogen-bond donors (Lipinski definition) is 0. The Hall–Kier alpha value is -0.300. The van der Waals surface area contributed by atoms with Crippen molar-refractivity contribution in [2.24, 2.45) is 0 Å². The van der Waals surface area contributed by atoms with Crippen LogP contribution >= 0.6 is 15.9 Å². The highest BCUT2D eigenvalue weighted by atomic mass is 79.9. The van der Waals surface area contributed by atoms with Gasteiger partial charge in [-0.2, -0.15) is 0 Å². The molecule has 0 atom stereocenters. The van der Waals surface area contributed by atoms with E-state index in [0.717, 1.165) is 10.9 Å². The predicted octanol–water partition coefficient (Wildman–Crippen LogP) is 3.94. The zero-order valence-electron chi connectivity index (χ0n) is 7.82. The van der Waals surface area contributed by atoms with E-state index >= 15 is 0 Å². The molecule has 0 amide bonds. The number of rotatable bonds is 2. The SMILES string of the molecule is CCC(C)(C)c1ccc[c]c1Br. The summed E-state index contributed by atoms with van der Waals surface area (Å²) >= 11 is 3.52. The number of benzene rings is 1. The van der Waals surface area contributed by atoms with Gasteiger partial charge in [-0.15, -0.1) is 0 Å². The average Bonchev–Trinajstić information content (AvgIpc) is 2.05. The molecule has 1 rings (SSSR count). The highest BCUT2D eigenvalue weighted by Crippen LogP contribution is 2.31. The van der Waals surface area contributed by atoms with Crippen LogP contribution in [0.4, 0.5) is 0 Å². The third kappa shape index (κ3) is 1.89. The summed E-state index contributed by atoms with van der Waals surface area (Å²) in [4.78, 5) is 0. The minimum absolute atomic E-state index is 0.247. The van der Waals surface area contributed by atoms with Crippen LogP contribution in [0.2, 0.25) is 0 Å². The Kier molecular flexibility index (Phi) is 2.94. The molecule has 0 aliphatic carbocycles. The van der Waals surface area contributed by atoms with Crippen LogP contribution in [0.3, 0.4) is 0 Å². The smallest absolute Gasteiger partial charge is 0.0291 e. The highest BCUT2D eigenvalue weighted by Gasteiger charge is 2.19. The van der Waals surface area contributed by atoms with Crippen molar-refractivity contribution in [2.75, 3.05) is 0 Å². The van der Waals surface area contributed by atoms with Gasteiger partial charge in [0.2, 0.25) is 0 Å². The van der Waals surface area contributed by atoms with E-state index in [1.165, 1.54) is 5.56 Å². The fraction of sp³-hybridized carbons (Fsp3) is 0.455. The molecule has 0 N–H and O–H groups in total. The van der Waals surface area contributed by atoms with Gasteiger partial charge in [0.1, 0.15) is 0 Å². The second kappa shape index (κ2) is 3.61. The molecular weight excluding hydrogens is 212 g/mol. The van der Waals surface area contributed by atoms with Crippen molar-refractivity contribution in [1.82, 2.24) is 0 Å². The Morgan fingerprint density at radius 3 is 2.67 bits per heavy atom. The standard InChI is InChI=1S/C11H14Br/c1-4-11(2,3)9-7-5-6-8-10(9)12/h5-7H,4H2,1-3H3. The lowest BCUT2D eigenvalue weighted by Crippen LogP contribution is -2.15. The van der Waals surface area contributed by atoms with Gasteiger partial charge >= 0.3 is 0 Å². The van der Waals surface area contributed by atoms with Gasteiger partial charge in [0.15, 0.2) is 0 Å². The molecule has 0 unspecified atom stereocenters. The number of hydrogen-bond acceptors (Lipinski definition) is 0. The minimum atomic E-state index is 0.247. The van der Waals surface area contributed by atoms with Crippen molar-refractivity contribution in [1.29, 1.82) is 0 Å². The Balaban J connectivity index is 3.10. The maximum absolute atomic E-state index is 3.52. The van der Waals surface area contributed by atoms with Crippen LogP contribution in [-0.4, -0.2) is 0 Å². The van der Waals surface area contributed by atoms with E-state index in [4.69, 9.17) is 0 Å². The van der Waals surface area contributed by atoms with Crippen LogP contribution in [0.1, 0.15) is 32.8 Å². The largest absolute Gasteiger partial charge is 0.0646 e. The van der Waals surface area contributed by atoms with Gasteiger partial charge in [-0.25, -0.2) is 0 Å². The maximum Gasteiger partial charge on any atom is 0.0291 e. The van der Waals surface area contributed by atoms with Crippen molar-refractivity contribution in [3.63, 3.8) is 0 Å². The Labute approximate surface area is 83.1 Å². The van der Waals surface area contributed by atoms with Gasteiger partial charge in [-0.3, -0.25) is 0 Å². The molecule has 12 heavy (non-hydrogen) atoms. The van der Waals surface area contributed by atoms with E-state index in [1.54, 1.807) is 0 Å². The lowest BCUT2D eigenvalue weighted by Gasteiger charge is -2.24. The van der Waals surface area contributed by atoms with E-state index < -0.39 is 0 Å². The first-order valence-corrected chi connectivity index (χ1v) is 5.04. The molecule has 0 spiro atoms. The topological polar surface area (TPSA) is 0 Å². The summed E-state index contributed by atoms with van der Waals surface area (Å²) in [6.07, 6.45) is 1.14. The zero-order valence-corrected chi connectivity index (χ0v) is 9.40. The first kappa shape index (κ1) is 9.79. The molecule has 0 heterocycles. The summed E-state index contributed by atoms with van der Waals surface area (Å²) in [5.41, 5.74) is 1.59. The van der Waals surface area contributed by atoms with Gasteiger partial charge in [0.05, 0.1) is 0 Å². The van der Waals surface area contributed by atoms with Crippen molar-refractivity contribution < 1.29 is 0 Å². The normalized spacial score (nSPS) is 11.7. The van der Waals surface area contributed by atoms with Crippen LogP contribution in [0.25, 0.3) is 0 Å². The summed E-state index contributed by atoms with van der Waals surface area (Å²) < 4.78 is 1.09. The van der Waals surface area contributed by atoms with Crippen LogP contribution in [0.15, 0.2) is 22.7 Å². The summed E-state index contributed by atoms with van der Waals surface area (Å²) in [5, 5.41) is 0. The molecule has 0 saturated heterocycles. The van der Waals surface area contributed by atoms with E-state index in [1.807, 2.05) is 12.1 Å². The summed E-state index contributed by atoms with van der Waals surface area (Å²) in [5.74, 6) is 0. The monoisotopic (exact) mass is 225 g/mol. The lowest BCUT2D eigenvalue weighted by atomic mass is 9.82. The first-order chi connectivity index (χ1) is 5.58. The molecule has 1 aromatic rings. The summed E-state index contributed by atoms with van der Waals surface area (Å²) in [6.45, 7) is 6.71. The molecule has 65 valence electrons. The second-order valence-electron chi connectivity index (χ2n) is 3.64. The molecule has 0 saturated carbocycles. The molecule has 0 fully saturated rings. The first-order valence-electron chi connectivity index (χ1n) is 4.24. The van der Waals surface area contributed by atoms with Crippen LogP contribution < -0.4 is 0 Å². The van der Waals surface area contributed by atoms with Crippen LogP contribution in [0.5, 0.6) is 0 Å². The quantitative estimate of drug-likeness (QED) is 0.716. The summed E-state index contributed by atoms with van der Waals surface area (Å²) in [7, 11) is 0. The lowest BCUT2D eigenvalue weighted by molar-refractivity contribution is 0.504. The van der Waals surface area contributed by atoms with Gasteiger partial charge in [0.25, 0.3) is 0 Å². The third-order valence-electron chi connectivity index (χ3n) is 2.42. The predicted molar refractivity (Wildman–Crippen MR) is 56.3 cm³/mol. The van der Waals surface area contributed by atoms with Crippen molar-refractivity contribution >= 4 is 15.9 Å². The summed E-state index contributed by atoms with van der Waals surface area (Å²) in [6, 6.07) is 9.28. The van der Waals surface area contributed by atoms with Crippen molar-refractivity contribution in [3.05, 3.63) is 34.3 Å². The molecular formula is C11H14Br. The minimum Gasteiger partial charge on any atom is -0.0646 e.